The van der Waals surface area contributed by atoms with E-state index in [1.807, 2.05) is 0 Å². The largest absolute Gasteiger partial charge is 0.356 e. The summed E-state index contributed by atoms with van der Waals surface area (Å²) in [6.45, 7) is 0.654. The molecule has 1 amide bonds. The molecule has 1 saturated carbocycles. The molecule has 21 heavy (non-hydrogen) atoms. The first-order valence-corrected chi connectivity index (χ1v) is 9.56. The molecule has 0 aliphatic heterocycles. The van der Waals surface area contributed by atoms with E-state index in [4.69, 9.17) is 10.7 Å². The first-order chi connectivity index (χ1) is 9.95. The molecule has 0 heterocycles. The molecule has 1 N–H and O–H groups in total. The summed E-state index contributed by atoms with van der Waals surface area (Å²) in [4.78, 5) is 11.7. The highest BCUT2D eigenvalue weighted by Crippen LogP contribution is 2.29. The molecule has 6 heteroatoms. The zero-order chi connectivity index (χ0) is 15.3. The van der Waals surface area contributed by atoms with Crippen molar-refractivity contribution in [3.63, 3.8) is 0 Å². The summed E-state index contributed by atoms with van der Waals surface area (Å²) in [5.41, 5.74) is 1.03. The van der Waals surface area contributed by atoms with Crippen LogP contribution in [-0.4, -0.2) is 20.9 Å². The highest BCUT2D eigenvalue weighted by molar-refractivity contribution is 8.13. The molecule has 4 nitrogen and oxygen atoms in total. The molecule has 0 saturated heterocycles. The Balaban J connectivity index is 1.67. The molecule has 2 rings (SSSR count). The van der Waals surface area contributed by atoms with Crippen molar-refractivity contribution >= 4 is 25.6 Å². The second-order valence-corrected chi connectivity index (χ2v) is 8.10. The predicted molar refractivity (Wildman–Crippen MR) is 82.8 cm³/mol. The zero-order valence-corrected chi connectivity index (χ0v) is 13.4. The van der Waals surface area contributed by atoms with E-state index in [0.29, 0.717) is 18.9 Å². The Morgan fingerprint density at radius 3 is 2.43 bits per heavy atom. The fourth-order valence-corrected chi connectivity index (χ4v) is 3.14. The fraction of sp³-hybridized carbons (Fsp3) is 0.533. The molecule has 1 aromatic rings. The van der Waals surface area contributed by atoms with Gasteiger partial charge in [0.25, 0.3) is 9.05 Å². The molecule has 1 aromatic carbocycles. The topological polar surface area (TPSA) is 63.2 Å². The van der Waals surface area contributed by atoms with Crippen molar-refractivity contribution in [3.05, 3.63) is 29.8 Å². The molecule has 0 radical (unpaired) electrons. The van der Waals surface area contributed by atoms with Crippen molar-refractivity contribution < 1.29 is 13.2 Å². The lowest BCUT2D eigenvalue weighted by Crippen LogP contribution is -2.28. The van der Waals surface area contributed by atoms with E-state index in [0.717, 1.165) is 18.4 Å². The predicted octanol–water partition coefficient (Wildman–Crippen LogP) is 2.85. The summed E-state index contributed by atoms with van der Waals surface area (Å²) in [6, 6.07) is 6.52. The minimum absolute atomic E-state index is 0.113. The summed E-state index contributed by atoms with van der Waals surface area (Å²) in [7, 11) is 1.61. The lowest BCUT2D eigenvalue weighted by atomic mass is 9.83. The molecule has 0 bridgehead atoms. The molecular formula is C15H20ClNO3S. The van der Waals surface area contributed by atoms with Crippen molar-refractivity contribution in [3.8, 4) is 0 Å². The molecule has 0 spiro atoms. The van der Waals surface area contributed by atoms with E-state index < -0.39 is 9.05 Å². The quantitative estimate of drug-likeness (QED) is 0.618. The van der Waals surface area contributed by atoms with E-state index in [1.54, 1.807) is 12.1 Å². The third-order valence-corrected chi connectivity index (χ3v) is 5.24. The van der Waals surface area contributed by atoms with E-state index in [1.165, 1.54) is 31.4 Å². The summed E-state index contributed by atoms with van der Waals surface area (Å²) in [5, 5.41) is 2.93. The Morgan fingerprint density at radius 1 is 1.24 bits per heavy atom. The van der Waals surface area contributed by atoms with Crippen LogP contribution in [0.15, 0.2) is 29.2 Å². The van der Waals surface area contributed by atoms with Crippen LogP contribution < -0.4 is 5.32 Å². The highest BCUT2D eigenvalue weighted by atomic mass is 35.7. The van der Waals surface area contributed by atoms with Crippen molar-refractivity contribution in [2.45, 2.75) is 43.4 Å². The number of aryl methyl sites for hydroxylation is 1. The molecule has 0 atom stereocenters. The maximum Gasteiger partial charge on any atom is 0.261 e. The minimum Gasteiger partial charge on any atom is -0.356 e. The number of amides is 1. The van der Waals surface area contributed by atoms with Gasteiger partial charge in [0.05, 0.1) is 4.90 Å². The van der Waals surface area contributed by atoms with E-state index in [-0.39, 0.29) is 10.8 Å². The van der Waals surface area contributed by atoms with E-state index >= 15 is 0 Å². The fourth-order valence-electron chi connectivity index (χ4n) is 2.37. The first-order valence-electron chi connectivity index (χ1n) is 7.25. The lowest BCUT2D eigenvalue weighted by Gasteiger charge is -2.24. The number of benzene rings is 1. The van der Waals surface area contributed by atoms with Crippen molar-refractivity contribution in [1.29, 1.82) is 0 Å². The van der Waals surface area contributed by atoms with Gasteiger partial charge in [-0.25, -0.2) is 8.42 Å². The van der Waals surface area contributed by atoms with Crippen LogP contribution in [0, 0.1) is 5.92 Å². The molecule has 1 fully saturated rings. The summed E-state index contributed by atoms with van der Waals surface area (Å²) in [5.74, 6) is 0.735. The molecule has 0 unspecified atom stereocenters. The van der Waals surface area contributed by atoms with Gasteiger partial charge in [-0.1, -0.05) is 18.6 Å². The Labute approximate surface area is 130 Å². The van der Waals surface area contributed by atoms with Gasteiger partial charge in [-0.05, 0) is 49.3 Å². The smallest absolute Gasteiger partial charge is 0.261 e. The number of hydrogen-bond acceptors (Lipinski definition) is 3. The number of rotatable bonds is 7. The van der Waals surface area contributed by atoms with Crippen molar-refractivity contribution in [2.75, 3.05) is 6.54 Å². The molecule has 1 aliphatic carbocycles. The molecule has 0 aromatic heterocycles. The lowest BCUT2D eigenvalue weighted by molar-refractivity contribution is -0.122. The number of carbonyl (C=O) groups is 1. The van der Waals surface area contributed by atoms with Crippen LogP contribution in [0.5, 0.6) is 0 Å². The number of halogens is 1. The number of nitrogens with one attached hydrogen (secondary N) is 1. The molecular weight excluding hydrogens is 310 g/mol. The van der Waals surface area contributed by atoms with Crippen LogP contribution in [0.4, 0.5) is 0 Å². The average Bonchev–Trinajstić information content (AvgIpc) is 2.39. The van der Waals surface area contributed by atoms with Gasteiger partial charge < -0.3 is 5.32 Å². The van der Waals surface area contributed by atoms with Gasteiger partial charge in [-0.15, -0.1) is 0 Å². The molecule has 116 valence electrons. The average molecular weight is 330 g/mol. The zero-order valence-electron chi connectivity index (χ0n) is 11.8. The van der Waals surface area contributed by atoms with Crippen molar-refractivity contribution in [1.82, 2.24) is 5.32 Å². The van der Waals surface area contributed by atoms with Gasteiger partial charge in [0.2, 0.25) is 5.91 Å². The van der Waals surface area contributed by atoms with Crippen molar-refractivity contribution in [2.24, 2.45) is 5.92 Å². The van der Waals surface area contributed by atoms with Gasteiger partial charge in [0.1, 0.15) is 0 Å². The van der Waals surface area contributed by atoms with Gasteiger partial charge in [0, 0.05) is 23.6 Å². The van der Waals surface area contributed by atoms with E-state index in [9.17, 15) is 13.2 Å². The summed E-state index contributed by atoms with van der Waals surface area (Å²) in [6.07, 6.45) is 5.91. The normalized spacial score (nSPS) is 15.5. The first kappa shape index (κ1) is 16.3. The third-order valence-electron chi connectivity index (χ3n) is 3.87. The van der Waals surface area contributed by atoms with Gasteiger partial charge >= 0.3 is 0 Å². The Kier molecular flexibility index (Phi) is 5.65. The molecule has 1 aliphatic rings. The monoisotopic (exact) mass is 329 g/mol. The van der Waals surface area contributed by atoms with Crippen LogP contribution in [-0.2, 0) is 20.3 Å². The minimum atomic E-state index is -3.65. The Hall–Kier alpha value is -1.07. The van der Waals surface area contributed by atoms with Crippen LogP contribution in [0.3, 0.4) is 0 Å². The third kappa shape index (κ3) is 5.32. The second-order valence-electron chi connectivity index (χ2n) is 5.54. The SMILES string of the molecule is O=C(CC1CCC1)NCCCc1ccc(S(=O)(=O)Cl)cc1. The summed E-state index contributed by atoms with van der Waals surface area (Å²) >= 11 is 0. The number of hydrogen-bond donors (Lipinski definition) is 1. The Morgan fingerprint density at radius 2 is 1.90 bits per heavy atom. The second kappa shape index (κ2) is 7.27. The maximum absolute atomic E-state index is 11.6. The highest BCUT2D eigenvalue weighted by Gasteiger charge is 2.20. The van der Waals surface area contributed by atoms with Gasteiger partial charge in [-0.3, -0.25) is 4.79 Å². The van der Waals surface area contributed by atoms with Crippen LogP contribution in [0.25, 0.3) is 0 Å². The van der Waals surface area contributed by atoms with Crippen LogP contribution >= 0.6 is 10.7 Å². The van der Waals surface area contributed by atoms with E-state index in [2.05, 4.69) is 5.32 Å². The maximum atomic E-state index is 11.6. The Bertz CT molecular complexity index is 579. The summed E-state index contributed by atoms with van der Waals surface area (Å²) < 4.78 is 22.2. The number of carbonyl (C=O) groups excluding carboxylic acids is 1. The van der Waals surface area contributed by atoms with Gasteiger partial charge in [-0.2, -0.15) is 0 Å². The standard InChI is InChI=1S/C15H20ClNO3S/c16-21(19,20)14-8-6-12(7-9-14)5-2-10-17-15(18)11-13-3-1-4-13/h6-9,13H,1-5,10-11H2,(H,17,18). The van der Waals surface area contributed by atoms with Crippen LogP contribution in [0.2, 0.25) is 0 Å². The van der Waals surface area contributed by atoms with Crippen LogP contribution in [0.1, 0.15) is 37.7 Å². The van der Waals surface area contributed by atoms with Gasteiger partial charge in [0.15, 0.2) is 0 Å².